The lowest BCUT2D eigenvalue weighted by molar-refractivity contribution is -0.121. The average molecular weight is 384 g/mol. The zero-order valence-electron chi connectivity index (χ0n) is 15.9. The van der Waals surface area contributed by atoms with E-state index in [1.807, 2.05) is 19.1 Å². The Labute approximate surface area is 164 Å². The van der Waals surface area contributed by atoms with Gasteiger partial charge in [-0.15, -0.1) is 0 Å². The molecule has 0 spiro atoms. The van der Waals surface area contributed by atoms with E-state index < -0.39 is 5.91 Å². The predicted molar refractivity (Wildman–Crippen MR) is 106 cm³/mol. The molecule has 3 rings (SSSR count). The Morgan fingerprint density at radius 2 is 1.79 bits per heavy atom. The van der Waals surface area contributed by atoms with Gasteiger partial charge >= 0.3 is 0 Å². The van der Waals surface area contributed by atoms with Crippen LogP contribution in [0.15, 0.2) is 48.5 Å². The Morgan fingerprint density at radius 3 is 2.39 bits per heavy atom. The minimum Gasteiger partial charge on any atom is -0.366 e. The first-order valence-corrected chi connectivity index (χ1v) is 9.34. The molecule has 0 radical (unpaired) electrons. The number of anilines is 1. The number of carbonyl (C=O) groups is 2. The standard InChI is InChI=1S/C21H25FN4O2/c1-15(21(28)24-19-4-2-3-18(22)13-19)26-11-9-25(10-12-26)14-16-5-7-17(8-6-16)20(23)27/h2-8,13,15H,9-12,14H2,1H3,(H2,23,27)(H,24,28). The number of piperazine rings is 1. The molecule has 1 unspecified atom stereocenters. The number of amides is 2. The molecular formula is C21H25FN4O2. The smallest absolute Gasteiger partial charge is 0.248 e. The van der Waals surface area contributed by atoms with E-state index in [2.05, 4.69) is 15.1 Å². The first kappa shape index (κ1) is 20.0. The zero-order chi connectivity index (χ0) is 20.1. The number of nitrogens with two attached hydrogens (primary N) is 1. The normalized spacial score (nSPS) is 16.5. The third-order valence-electron chi connectivity index (χ3n) is 5.07. The molecule has 0 aromatic heterocycles. The van der Waals surface area contributed by atoms with Crippen LogP contribution < -0.4 is 11.1 Å². The molecule has 148 valence electrons. The number of carbonyl (C=O) groups excluding carboxylic acids is 2. The van der Waals surface area contributed by atoms with Crippen molar-refractivity contribution in [3.05, 3.63) is 65.5 Å². The highest BCUT2D eigenvalue weighted by Crippen LogP contribution is 2.14. The summed E-state index contributed by atoms with van der Waals surface area (Å²) >= 11 is 0. The third-order valence-corrected chi connectivity index (χ3v) is 5.07. The first-order valence-electron chi connectivity index (χ1n) is 9.34. The van der Waals surface area contributed by atoms with Crippen molar-refractivity contribution in [3.8, 4) is 0 Å². The lowest BCUT2D eigenvalue weighted by atomic mass is 10.1. The number of hydrogen-bond acceptors (Lipinski definition) is 4. The summed E-state index contributed by atoms with van der Waals surface area (Å²) in [5.74, 6) is -0.935. The Balaban J connectivity index is 1.48. The Hall–Kier alpha value is -2.77. The molecule has 7 heteroatoms. The maximum atomic E-state index is 13.3. The molecule has 1 aliphatic rings. The van der Waals surface area contributed by atoms with Gasteiger partial charge in [-0.05, 0) is 42.8 Å². The van der Waals surface area contributed by atoms with Gasteiger partial charge in [0.1, 0.15) is 5.82 Å². The van der Waals surface area contributed by atoms with E-state index in [1.54, 1.807) is 24.3 Å². The van der Waals surface area contributed by atoms with Crippen molar-refractivity contribution in [2.75, 3.05) is 31.5 Å². The van der Waals surface area contributed by atoms with Crippen molar-refractivity contribution in [3.63, 3.8) is 0 Å². The molecule has 3 N–H and O–H groups in total. The number of primary amides is 1. The van der Waals surface area contributed by atoms with Crippen LogP contribution in [0.25, 0.3) is 0 Å². The van der Waals surface area contributed by atoms with Crippen LogP contribution in [0.4, 0.5) is 10.1 Å². The van der Waals surface area contributed by atoms with E-state index >= 15 is 0 Å². The minimum absolute atomic E-state index is 0.138. The van der Waals surface area contributed by atoms with E-state index in [4.69, 9.17) is 5.73 Å². The van der Waals surface area contributed by atoms with Gasteiger partial charge in [0.15, 0.2) is 0 Å². The molecule has 1 atom stereocenters. The Morgan fingerprint density at radius 1 is 1.11 bits per heavy atom. The summed E-state index contributed by atoms with van der Waals surface area (Å²) in [6.45, 7) is 5.89. The van der Waals surface area contributed by atoms with Crippen LogP contribution in [0.1, 0.15) is 22.8 Å². The van der Waals surface area contributed by atoms with Crippen LogP contribution in [-0.4, -0.2) is 53.8 Å². The van der Waals surface area contributed by atoms with Crippen LogP contribution in [0.3, 0.4) is 0 Å². The summed E-state index contributed by atoms with van der Waals surface area (Å²) in [4.78, 5) is 28.0. The first-order chi connectivity index (χ1) is 13.4. The lowest BCUT2D eigenvalue weighted by Gasteiger charge is -2.37. The second-order valence-corrected chi connectivity index (χ2v) is 7.05. The molecule has 2 amide bonds. The van der Waals surface area contributed by atoms with Crippen molar-refractivity contribution >= 4 is 17.5 Å². The molecule has 1 saturated heterocycles. The number of hydrogen-bond donors (Lipinski definition) is 2. The number of nitrogens with zero attached hydrogens (tertiary/aromatic N) is 2. The van der Waals surface area contributed by atoms with Crippen molar-refractivity contribution in [2.45, 2.75) is 19.5 Å². The molecule has 2 aromatic carbocycles. The van der Waals surface area contributed by atoms with E-state index in [-0.39, 0.29) is 17.8 Å². The molecule has 2 aromatic rings. The fourth-order valence-corrected chi connectivity index (χ4v) is 3.32. The van der Waals surface area contributed by atoms with Crippen LogP contribution in [0.5, 0.6) is 0 Å². The van der Waals surface area contributed by atoms with Crippen molar-refractivity contribution in [2.24, 2.45) is 5.73 Å². The molecular weight excluding hydrogens is 359 g/mol. The monoisotopic (exact) mass is 384 g/mol. The van der Waals surface area contributed by atoms with Gasteiger partial charge in [0.2, 0.25) is 11.8 Å². The van der Waals surface area contributed by atoms with E-state index in [1.165, 1.54) is 12.1 Å². The van der Waals surface area contributed by atoms with Crippen LogP contribution in [-0.2, 0) is 11.3 Å². The number of nitrogens with one attached hydrogen (secondary N) is 1. The van der Waals surface area contributed by atoms with E-state index in [0.717, 1.165) is 38.3 Å². The van der Waals surface area contributed by atoms with Gasteiger partial charge in [0, 0.05) is 44.0 Å². The average Bonchev–Trinajstić information content (AvgIpc) is 2.68. The molecule has 0 bridgehead atoms. The van der Waals surface area contributed by atoms with Gasteiger partial charge < -0.3 is 11.1 Å². The fraction of sp³-hybridized carbons (Fsp3) is 0.333. The van der Waals surface area contributed by atoms with Crippen LogP contribution >= 0.6 is 0 Å². The molecule has 0 saturated carbocycles. The highest BCUT2D eigenvalue weighted by Gasteiger charge is 2.25. The molecule has 1 aliphatic heterocycles. The molecule has 28 heavy (non-hydrogen) atoms. The van der Waals surface area contributed by atoms with E-state index in [9.17, 15) is 14.0 Å². The quantitative estimate of drug-likeness (QED) is 0.799. The molecule has 6 nitrogen and oxygen atoms in total. The van der Waals surface area contributed by atoms with Gasteiger partial charge in [0.05, 0.1) is 6.04 Å². The Bertz CT molecular complexity index is 833. The highest BCUT2D eigenvalue weighted by molar-refractivity contribution is 5.94. The zero-order valence-corrected chi connectivity index (χ0v) is 15.9. The maximum Gasteiger partial charge on any atom is 0.248 e. The van der Waals surface area contributed by atoms with Crippen molar-refractivity contribution < 1.29 is 14.0 Å². The van der Waals surface area contributed by atoms with Gasteiger partial charge in [-0.2, -0.15) is 0 Å². The van der Waals surface area contributed by atoms with Crippen LogP contribution in [0, 0.1) is 5.82 Å². The van der Waals surface area contributed by atoms with Gasteiger partial charge in [-0.1, -0.05) is 18.2 Å². The Kier molecular flexibility index (Phi) is 6.38. The SMILES string of the molecule is CC(C(=O)Nc1cccc(F)c1)N1CCN(Cc2ccc(C(N)=O)cc2)CC1. The second-order valence-electron chi connectivity index (χ2n) is 7.05. The summed E-state index contributed by atoms with van der Waals surface area (Å²) < 4.78 is 13.3. The number of benzene rings is 2. The summed E-state index contributed by atoms with van der Waals surface area (Å²) in [5, 5.41) is 2.77. The summed E-state index contributed by atoms with van der Waals surface area (Å²) in [5.41, 5.74) is 7.36. The van der Waals surface area contributed by atoms with Gasteiger partial charge in [-0.25, -0.2) is 4.39 Å². The number of halogens is 1. The maximum absolute atomic E-state index is 13.3. The molecule has 1 fully saturated rings. The predicted octanol–water partition coefficient (Wildman–Crippen LogP) is 2.07. The van der Waals surface area contributed by atoms with Crippen molar-refractivity contribution in [1.29, 1.82) is 0 Å². The van der Waals surface area contributed by atoms with Gasteiger partial charge in [-0.3, -0.25) is 19.4 Å². The van der Waals surface area contributed by atoms with Crippen molar-refractivity contribution in [1.82, 2.24) is 9.80 Å². The molecule has 1 heterocycles. The summed E-state index contributed by atoms with van der Waals surface area (Å²) in [6, 6.07) is 12.9. The summed E-state index contributed by atoms with van der Waals surface area (Å²) in [7, 11) is 0. The summed E-state index contributed by atoms with van der Waals surface area (Å²) in [6.07, 6.45) is 0. The topological polar surface area (TPSA) is 78.7 Å². The highest BCUT2D eigenvalue weighted by atomic mass is 19.1. The lowest BCUT2D eigenvalue weighted by Crippen LogP contribution is -2.52. The van der Waals surface area contributed by atoms with E-state index in [0.29, 0.717) is 11.3 Å². The van der Waals surface area contributed by atoms with Gasteiger partial charge in [0.25, 0.3) is 0 Å². The minimum atomic E-state index is -0.425. The number of rotatable bonds is 6. The van der Waals surface area contributed by atoms with Crippen LogP contribution in [0.2, 0.25) is 0 Å². The third kappa shape index (κ3) is 5.15. The second kappa shape index (κ2) is 8.95. The molecule has 0 aliphatic carbocycles. The largest absolute Gasteiger partial charge is 0.366 e. The fourth-order valence-electron chi connectivity index (χ4n) is 3.32.